The molecule has 0 spiro atoms. The van der Waals surface area contributed by atoms with Gasteiger partial charge in [-0.3, -0.25) is 0 Å². The van der Waals surface area contributed by atoms with Crippen LogP contribution < -0.4 is 16.0 Å². The standard InChI is InChI=1S/3C27H45NO3.Bi/c3*1-2-3-4-5-6-7-8-9-10-11-12-13-14-15-19-22-26(29)28-25(27(30)31)23-24-20-17-16-18-21-24;/h3*16-18,20-21,25H,2-15,19,22-23H2,1H3,(H,28,29)(H,30,31);/q;;;+3/p-3/t3*25-;/m000./s1. The number of hydrogen-bond acceptors (Lipinski definition) is 9. The smallest absolute Gasteiger partial charge is 0.0654 e. The van der Waals surface area contributed by atoms with Gasteiger partial charge in [0.2, 0.25) is 0 Å². The van der Waals surface area contributed by atoms with Crippen molar-refractivity contribution in [1.29, 1.82) is 0 Å². The molecular weight excluding hydrogens is 1370 g/mol. The fourth-order valence-corrected chi connectivity index (χ4v) is 16.0. The van der Waals surface area contributed by atoms with Crippen molar-refractivity contribution < 1.29 is 37.2 Å². The Morgan fingerprint density at radius 1 is 0.266 bits per heavy atom. The van der Waals surface area contributed by atoms with Crippen molar-refractivity contribution in [3.8, 4) is 0 Å². The van der Waals surface area contributed by atoms with Crippen LogP contribution in [-0.2, 0) is 56.5 Å². The van der Waals surface area contributed by atoms with Crippen molar-refractivity contribution >= 4 is 58.7 Å². The van der Waals surface area contributed by atoms with E-state index in [2.05, 4.69) is 36.7 Å². The van der Waals surface area contributed by atoms with Crippen LogP contribution in [0.25, 0.3) is 0 Å². The Bertz CT molecular complexity index is 2070. The van der Waals surface area contributed by atoms with Crippen molar-refractivity contribution in [2.75, 3.05) is 0 Å². The van der Waals surface area contributed by atoms with Crippen LogP contribution in [0.2, 0.25) is 0 Å². The summed E-state index contributed by atoms with van der Waals surface area (Å²) in [5.74, 6) is -3.65. The SMILES string of the molecule is CCCCCCCCCCCCCCCCCC(=O)N[C@@H](Cc1ccccc1)C(=O)[O][Bi]([O]C(=O)[C@H](Cc1ccccc1)NC(=O)CCCCCCCCCCCCCCCCC)[O]C(=O)[C@H](Cc1ccccc1)NC(=O)CCCCCCCCCCCCCCCCC. The minimum absolute atomic E-state index is 0.0712. The molecule has 0 bridgehead atoms. The molecule has 0 fully saturated rings. The molecule has 12 nitrogen and oxygen atoms in total. The van der Waals surface area contributed by atoms with Crippen LogP contribution in [0.1, 0.15) is 346 Å². The molecule has 3 aromatic rings. The summed E-state index contributed by atoms with van der Waals surface area (Å²) in [6.45, 7) is 6.78. The molecule has 94 heavy (non-hydrogen) atoms. The Kier molecular flexibility index (Phi) is 53.0. The molecule has 530 valence electrons. The van der Waals surface area contributed by atoms with E-state index < -0.39 is 59.1 Å². The molecule has 3 atom stereocenters. The number of hydrogen-bond donors (Lipinski definition) is 3. The fraction of sp³-hybridized carbons (Fsp3) is 0.704. The van der Waals surface area contributed by atoms with E-state index in [1.54, 1.807) is 0 Å². The van der Waals surface area contributed by atoms with Crippen LogP contribution in [-0.4, -0.2) is 76.8 Å². The van der Waals surface area contributed by atoms with Gasteiger partial charge in [-0.05, 0) is 0 Å². The third kappa shape index (κ3) is 46.5. The van der Waals surface area contributed by atoms with E-state index >= 15 is 0 Å². The molecular formula is C81H132BiN3O9. The summed E-state index contributed by atoms with van der Waals surface area (Å²) in [5.41, 5.74) is 2.28. The molecule has 0 saturated carbocycles. The predicted octanol–water partition coefficient (Wildman–Crippen LogP) is 20.6. The second-order valence-corrected chi connectivity index (χ2v) is 30.9. The van der Waals surface area contributed by atoms with Gasteiger partial charge >= 0.3 is 392 Å². The summed E-state index contributed by atoms with van der Waals surface area (Å²) in [6, 6.07) is 24.2. The number of amides is 3. The van der Waals surface area contributed by atoms with Crippen LogP contribution in [0.4, 0.5) is 0 Å². The molecule has 3 N–H and O–H groups in total. The van der Waals surface area contributed by atoms with E-state index in [1.807, 2.05) is 91.0 Å². The van der Waals surface area contributed by atoms with Gasteiger partial charge in [0.15, 0.2) is 0 Å². The van der Waals surface area contributed by atoms with Gasteiger partial charge in [-0.25, -0.2) is 0 Å². The maximum absolute atomic E-state index is 14.7. The minimum Gasteiger partial charge on any atom is -0.0654 e. The zero-order chi connectivity index (χ0) is 67.4. The third-order valence-electron chi connectivity index (χ3n) is 18.2. The zero-order valence-corrected chi connectivity index (χ0v) is 63.1. The van der Waals surface area contributed by atoms with Crippen molar-refractivity contribution in [2.24, 2.45) is 0 Å². The summed E-state index contributed by atoms with van der Waals surface area (Å²) in [6.07, 6.45) is 55.1. The molecule has 0 saturated heterocycles. The fourth-order valence-electron chi connectivity index (χ4n) is 12.4. The molecule has 3 rings (SSSR count). The Morgan fingerprint density at radius 3 is 0.617 bits per heavy atom. The molecule has 0 heterocycles. The first-order valence-corrected chi connectivity index (χ1v) is 42.8. The van der Waals surface area contributed by atoms with Gasteiger partial charge in [-0.1, -0.05) is 194 Å². The van der Waals surface area contributed by atoms with E-state index in [0.29, 0.717) is 19.3 Å². The minimum atomic E-state index is -5.12. The predicted molar refractivity (Wildman–Crippen MR) is 389 cm³/mol. The number of rotatable bonds is 63. The van der Waals surface area contributed by atoms with Gasteiger partial charge in [0.25, 0.3) is 0 Å². The second kappa shape index (κ2) is 59.6. The monoisotopic (exact) mass is 1500 g/mol. The zero-order valence-electron chi connectivity index (χ0n) is 59.6. The Morgan fingerprint density at radius 2 is 0.436 bits per heavy atom. The van der Waals surface area contributed by atoms with E-state index in [1.165, 1.54) is 212 Å². The molecule has 0 aliphatic carbocycles. The van der Waals surface area contributed by atoms with Crippen molar-refractivity contribution in [3.63, 3.8) is 0 Å². The van der Waals surface area contributed by atoms with Gasteiger partial charge in [0, 0.05) is 0 Å². The van der Waals surface area contributed by atoms with Crippen LogP contribution in [0.15, 0.2) is 91.0 Å². The number of unbranched alkanes of at least 4 members (excludes halogenated alkanes) is 42. The Labute approximate surface area is 582 Å². The quantitative estimate of drug-likeness (QED) is 0.0368. The van der Waals surface area contributed by atoms with Crippen molar-refractivity contribution in [3.05, 3.63) is 108 Å². The third-order valence-corrected chi connectivity index (χ3v) is 22.1. The first-order chi connectivity index (χ1) is 46.1. The van der Waals surface area contributed by atoms with Crippen LogP contribution in [0.5, 0.6) is 0 Å². The number of nitrogens with one attached hydrogen (secondary N) is 3. The van der Waals surface area contributed by atoms with Gasteiger partial charge in [0.1, 0.15) is 0 Å². The topological polar surface area (TPSA) is 166 Å². The van der Waals surface area contributed by atoms with Crippen molar-refractivity contribution in [2.45, 2.75) is 366 Å². The Hall–Kier alpha value is -4.64. The van der Waals surface area contributed by atoms with Gasteiger partial charge < -0.3 is 0 Å². The molecule has 0 unspecified atom stereocenters. The van der Waals surface area contributed by atoms with Gasteiger partial charge in [-0.15, -0.1) is 0 Å². The number of carbonyl (C=O) groups is 6. The van der Waals surface area contributed by atoms with Crippen molar-refractivity contribution in [1.82, 2.24) is 16.0 Å². The summed E-state index contributed by atoms with van der Waals surface area (Å²) in [4.78, 5) is 85.3. The van der Waals surface area contributed by atoms with Gasteiger partial charge in [-0.2, -0.15) is 0 Å². The molecule has 3 aromatic carbocycles. The van der Waals surface area contributed by atoms with Gasteiger partial charge in [0.05, 0.1) is 0 Å². The molecule has 0 aliphatic rings. The molecule has 13 heteroatoms. The average molecular weight is 1500 g/mol. The number of benzene rings is 3. The first-order valence-electron chi connectivity index (χ1n) is 38.6. The average Bonchev–Trinajstić information content (AvgIpc) is 1.02. The molecule has 0 radical (unpaired) electrons. The summed E-state index contributed by atoms with van der Waals surface area (Å²) >= 11 is -5.12. The summed E-state index contributed by atoms with van der Waals surface area (Å²) in [5, 5.41) is 8.77. The maximum atomic E-state index is 14.7. The Balaban J connectivity index is 1.72. The molecule has 3 amide bonds. The van der Waals surface area contributed by atoms with E-state index in [-0.39, 0.29) is 56.2 Å². The van der Waals surface area contributed by atoms with Crippen LogP contribution >= 0.6 is 0 Å². The summed E-state index contributed by atoms with van der Waals surface area (Å²) < 4.78 is 18.4. The van der Waals surface area contributed by atoms with E-state index in [9.17, 15) is 28.8 Å². The van der Waals surface area contributed by atoms with Crippen LogP contribution in [0, 0.1) is 0 Å². The molecule has 0 aromatic heterocycles. The normalized spacial score (nSPS) is 12.3. The second-order valence-electron chi connectivity index (χ2n) is 27.0. The first kappa shape index (κ1) is 83.6. The number of carbonyl (C=O) groups excluding carboxylic acids is 6. The van der Waals surface area contributed by atoms with Crippen LogP contribution in [0.3, 0.4) is 0 Å². The summed E-state index contributed by atoms with van der Waals surface area (Å²) in [7, 11) is 0. The molecule has 0 aliphatic heterocycles. The van der Waals surface area contributed by atoms with E-state index in [0.717, 1.165) is 74.5 Å². The van der Waals surface area contributed by atoms with E-state index in [4.69, 9.17) is 8.44 Å².